The molecule has 0 unspecified atom stereocenters. The van der Waals surface area contributed by atoms with Crippen LogP contribution in [0.4, 0.5) is 5.82 Å². The van der Waals surface area contributed by atoms with Crippen LogP contribution in [0.1, 0.15) is 24.5 Å². The zero-order valence-corrected chi connectivity index (χ0v) is 13.9. The van der Waals surface area contributed by atoms with Crippen molar-refractivity contribution >= 4 is 21.7 Å². The Kier molecular flexibility index (Phi) is 5.05. The molecule has 2 aromatic rings. The number of nitrogens with two attached hydrogens (primary N) is 1. The van der Waals surface area contributed by atoms with Crippen molar-refractivity contribution in [1.29, 1.82) is 10.5 Å². The van der Waals surface area contributed by atoms with Crippen molar-refractivity contribution in [3.63, 3.8) is 0 Å². The van der Waals surface area contributed by atoms with Gasteiger partial charge in [-0.1, -0.05) is 13.0 Å². The number of halogens is 1. The van der Waals surface area contributed by atoms with E-state index in [-0.39, 0.29) is 22.5 Å². The third-order valence-corrected chi connectivity index (χ3v) is 3.77. The van der Waals surface area contributed by atoms with Gasteiger partial charge in [0.2, 0.25) is 0 Å². The lowest BCUT2D eigenvalue weighted by Crippen LogP contribution is -2.16. The van der Waals surface area contributed by atoms with Crippen LogP contribution in [-0.2, 0) is 0 Å². The second-order valence-electron chi connectivity index (χ2n) is 4.71. The highest BCUT2D eigenvalue weighted by atomic mass is 79.9. The van der Waals surface area contributed by atoms with Crippen LogP contribution in [0.3, 0.4) is 0 Å². The summed E-state index contributed by atoms with van der Waals surface area (Å²) in [5, 5.41) is 18.6. The van der Waals surface area contributed by atoms with E-state index < -0.39 is 5.56 Å². The van der Waals surface area contributed by atoms with E-state index in [0.29, 0.717) is 22.4 Å². The molecule has 0 aliphatic heterocycles. The van der Waals surface area contributed by atoms with E-state index in [1.165, 1.54) is 0 Å². The number of anilines is 1. The second kappa shape index (κ2) is 6.99. The Balaban J connectivity index is 2.68. The summed E-state index contributed by atoms with van der Waals surface area (Å²) in [6.45, 7) is 2.57. The van der Waals surface area contributed by atoms with E-state index in [1.807, 2.05) is 19.1 Å². The molecule has 116 valence electrons. The fourth-order valence-electron chi connectivity index (χ4n) is 2.12. The summed E-state index contributed by atoms with van der Waals surface area (Å²) >= 11 is 3.40. The van der Waals surface area contributed by atoms with E-state index in [9.17, 15) is 15.3 Å². The Morgan fingerprint density at radius 1 is 1.30 bits per heavy atom. The average molecular weight is 373 g/mol. The molecule has 1 aromatic carbocycles. The molecule has 0 saturated carbocycles. The van der Waals surface area contributed by atoms with Gasteiger partial charge in [0.1, 0.15) is 34.8 Å². The maximum Gasteiger partial charge on any atom is 0.268 e. The molecule has 0 saturated heterocycles. The number of nitrogens with one attached hydrogen (secondary N) is 1. The standard InChI is InChI=1S/C16H13BrN4O2/c1-2-5-23-13-4-3-9(6-12(13)17)14-10(7-18)15(20)21-16(22)11(14)8-19/h3-4,6H,2,5H2,1H3,(H3,20,21,22). The molecular formula is C16H13BrN4O2. The number of hydrogen-bond donors (Lipinski definition) is 2. The van der Waals surface area contributed by atoms with Crippen LogP contribution in [-0.4, -0.2) is 11.6 Å². The normalized spacial score (nSPS) is 9.91. The SMILES string of the molecule is CCCOc1ccc(-c2c(C#N)c(N)[nH]c(=O)c2C#N)cc1Br. The molecule has 7 heteroatoms. The lowest BCUT2D eigenvalue weighted by atomic mass is 9.96. The summed E-state index contributed by atoms with van der Waals surface area (Å²) in [7, 11) is 0. The fourth-order valence-corrected chi connectivity index (χ4v) is 2.61. The monoisotopic (exact) mass is 372 g/mol. The largest absolute Gasteiger partial charge is 0.492 e. The van der Waals surface area contributed by atoms with Crippen LogP contribution in [0.2, 0.25) is 0 Å². The van der Waals surface area contributed by atoms with Crippen molar-refractivity contribution in [3.8, 4) is 29.0 Å². The number of aromatic nitrogens is 1. The number of rotatable bonds is 4. The summed E-state index contributed by atoms with van der Waals surface area (Å²) in [6, 6.07) is 8.87. The summed E-state index contributed by atoms with van der Waals surface area (Å²) in [6.07, 6.45) is 0.871. The Morgan fingerprint density at radius 2 is 2.00 bits per heavy atom. The highest BCUT2D eigenvalue weighted by molar-refractivity contribution is 9.10. The van der Waals surface area contributed by atoms with Gasteiger partial charge in [0.25, 0.3) is 5.56 Å². The molecule has 1 heterocycles. The third kappa shape index (κ3) is 3.20. The lowest BCUT2D eigenvalue weighted by Gasteiger charge is -2.12. The van der Waals surface area contributed by atoms with E-state index in [0.717, 1.165) is 6.42 Å². The Morgan fingerprint density at radius 3 is 2.57 bits per heavy atom. The third-order valence-electron chi connectivity index (χ3n) is 3.15. The van der Waals surface area contributed by atoms with Gasteiger partial charge in [0, 0.05) is 5.56 Å². The first-order valence-electron chi connectivity index (χ1n) is 6.82. The van der Waals surface area contributed by atoms with Crippen LogP contribution < -0.4 is 16.0 Å². The summed E-state index contributed by atoms with van der Waals surface area (Å²) in [5.74, 6) is 0.583. The predicted molar refractivity (Wildman–Crippen MR) is 89.8 cm³/mol. The van der Waals surface area contributed by atoms with Gasteiger partial charge < -0.3 is 15.5 Å². The number of pyridine rings is 1. The van der Waals surface area contributed by atoms with E-state index >= 15 is 0 Å². The minimum Gasteiger partial charge on any atom is -0.492 e. The van der Waals surface area contributed by atoms with Crippen molar-refractivity contribution in [2.45, 2.75) is 13.3 Å². The topological polar surface area (TPSA) is 116 Å². The number of benzene rings is 1. The average Bonchev–Trinajstić information content (AvgIpc) is 2.53. The second-order valence-corrected chi connectivity index (χ2v) is 5.56. The van der Waals surface area contributed by atoms with Gasteiger partial charge in [-0.2, -0.15) is 10.5 Å². The molecular weight excluding hydrogens is 360 g/mol. The molecule has 0 fully saturated rings. The lowest BCUT2D eigenvalue weighted by molar-refractivity contribution is 0.315. The summed E-state index contributed by atoms with van der Waals surface area (Å²) in [4.78, 5) is 14.2. The zero-order chi connectivity index (χ0) is 17.0. The summed E-state index contributed by atoms with van der Waals surface area (Å²) < 4.78 is 6.23. The highest BCUT2D eigenvalue weighted by Gasteiger charge is 2.18. The molecule has 23 heavy (non-hydrogen) atoms. The number of nitrogens with zero attached hydrogens (tertiary/aromatic N) is 2. The Hall–Kier alpha value is -2.77. The van der Waals surface area contributed by atoms with Crippen LogP contribution in [0.5, 0.6) is 5.75 Å². The maximum absolute atomic E-state index is 11.9. The van der Waals surface area contributed by atoms with Crippen LogP contribution in [0.15, 0.2) is 27.5 Å². The number of hydrogen-bond acceptors (Lipinski definition) is 5. The van der Waals surface area contributed by atoms with Gasteiger partial charge in [0.05, 0.1) is 11.1 Å². The van der Waals surface area contributed by atoms with Crippen molar-refractivity contribution in [2.24, 2.45) is 0 Å². The molecule has 2 rings (SSSR count). The van der Waals surface area contributed by atoms with Crippen molar-refractivity contribution in [1.82, 2.24) is 4.98 Å². The minimum absolute atomic E-state index is 0.0612. The Bertz CT molecular complexity index is 891. The maximum atomic E-state index is 11.9. The molecule has 0 bridgehead atoms. The fraction of sp³-hybridized carbons (Fsp3) is 0.188. The molecule has 6 nitrogen and oxygen atoms in total. The Labute approximate surface area is 141 Å². The first-order chi connectivity index (χ1) is 11.0. The van der Waals surface area contributed by atoms with Gasteiger partial charge in [0.15, 0.2) is 0 Å². The van der Waals surface area contributed by atoms with Crippen LogP contribution in [0.25, 0.3) is 11.1 Å². The predicted octanol–water partition coefficient (Wildman–Crippen LogP) is 2.92. The number of nitriles is 2. The molecule has 0 atom stereocenters. The van der Waals surface area contributed by atoms with Crippen LogP contribution >= 0.6 is 15.9 Å². The zero-order valence-electron chi connectivity index (χ0n) is 12.3. The first kappa shape index (κ1) is 16.6. The van der Waals surface area contributed by atoms with E-state index in [2.05, 4.69) is 20.9 Å². The quantitative estimate of drug-likeness (QED) is 0.855. The molecule has 0 aliphatic rings. The van der Waals surface area contributed by atoms with Gasteiger partial charge in [-0.3, -0.25) is 4.79 Å². The van der Waals surface area contributed by atoms with Gasteiger partial charge in [-0.25, -0.2) is 0 Å². The summed E-state index contributed by atoms with van der Waals surface area (Å²) in [5.41, 5.74) is 5.75. The molecule has 3 N–H and O–H groups in total. The van der Waals surface area contributed by atoms with Crippen molar-refractivity contribution in [2.75, 3.05) is 12.3 Å². The number of H-pyrrole nitrogens is 1. The van der Waals surface area contributed by atoms with Gasteiger partial charge in [-0.15, -0.1) is 0 Å². The van der Waals surface area contributed by atoms with Gasteiger partial charge in [-0.05, 0) is 40.0 Å². The number of ether oxygens (including phenoxy) is 1. The molecule has 0 aliphatic carbocycles. The van der Waals surface area contributed by atoms with E-state index in [4.69, 9.17) is 10.5 Å². The number of aromatic amines is 1. The first-order valence-corrected chi connectivity index (χ1v) is 7.61. The molecule has 1 aromatic heterocycles. The molecule has 0 amide bonds. The van der Waals surface area contributed by atoms with Crippen LogP contribution in [0, 0.1) is 22.7 Å². The van der Waals surface area contributed by atoms with Gasteiger partial charge >= 0.3 is 0 Å². The van der Waals surface area contributed by atoms with Crippen molar-refractivity contribution in [3.05, 3.63) is 44.2 Å². The molecule has 0 radical (unpaired) electrons. The highest BCUT2D eigenvalue weighted by Crippen LogP contribution is 2.34. The van der Waals surface area contributed by atoms with Crippen molar-refractivity contribution < 1.29 is 4.74 Å². The van der Waals surface area contributed by atoms with E-state index in [1.54, 1.807) is 18.2 Å². The molecule has 0 spiro atoms. The minimum atomic E-state index is -0.624. The number of nitrogen functional groups attached to an aromatic ring is 1. The smallest absolute Gasteiger partial charge is 0.268 e.